The van der Waals surface area contributed by atoms with Crippen molar-refractivity contribution in [2.45, 2.75) is 12.5 Å². The van der Waals surface area contributed by atoms with Gasteiger partial charge in [-0.2, -0.15) is 0 Å². The van der Waals surface area contributed by atoms with Gasteiger partial charge in [0.1, 0.15) is 0 Å². The van der Waals surface area contributed by atoms with Crippen LogP contribution >= 0.6 is 44.8 Å². The second-order valence-electron chi connectivity index (χ2n) is 2.78. The van der Waals surface area contributed by atoms with Crippen molar-refractivity contribution in [3.63, 3.8) is 0 Å². The average molecular weight is 274 g/mol. The fourth-order valence-electron chi connectivity index (χ4n) is 1.00. The Kier molecular flexibility index (Phi) is 3.96. The Morgan fingerprint density at radius 2 is 1.69 bits per heavy atom. The Balaban J connectivity index is 3.02. The summed E-state index contributed by atoms with van der Waals surface area (Å²) in [4.78, 5) is 0. The molecule has 0 bridgehead atoms. The first-order chi connectivity index (χ1) is 5.93. The summed E-state index contributed by atoms with van der Waals surface area (Å²) in [5.41, 5.74) is 0.835. The van der Waals surface area contributed by atoms with Gasteiger partial charge in [-0.25, -0.2) is 0 Å². The van der Waals surface area contributed by atoms with Gasteiger partial charge in [-0.3, -0.25) is 0 Å². The third-order valence-electron chi connectivity index (χ3n) is 1.86. The lowest BCUT2D eigenvalue weighted by atomic mass is 10.2. The molecule has 0 aliphatic carbocycles. The highest BCUT2D eigenvalue weighted by Crippen LogP contribution is 2.38. The van der Waals surface area contributed by atoms with Crippen LogP contribution in [-0.2, 0) is 0 Å². The van der Waals surface area contributed by atoms with Gasteiger partial charge < -0.3 is 0 Å². The lowest BCUT2D eigenvalue weighted by Gasteiger charge is -2.18. The van der Waals surface area contributed by atoms with Gasteiger partial charge in [0.2, 0.25) is 0 Å². The fourth-order valence-corrected chi connectivity index (χ4v) is 3.06. The standard InChI is InChI=1S/C8H8Cl4Si/c1-6(13(10,11)12)7-4-2-3-5-8(7)9/h2-6H,1H3/t6-/m0/s1. The van der Waals surface area contributed by atoms with E-state index in [0.717, 1.165) is 5.56 Å². The average Bonchev–Trinajstić information content (AvgIpc) is 2.02. The van der Waals surface area contributed by atoms with Gasteiger partial charge in [-0.15, -0.1) is 33.2 Å². The SMILES string of the molecule is C[C@@H](c1ccccc1Cl)[Si](Cl)(Cl)Cl. The van der Waals surface area contributed by atoms with Crippen LogP contribution in [0.5, 0.6) is 0 Å². The molecule has 0 aliphatic rings. The van der Waals surface area contributed by atoms with Crippen molar-refractivity contribution >= 4 is 50.8 Å². The summed E-state index contributed by atoms with van der Waals surface area (Å²) in [6.45, 7) is 1.89. The molecule has 0 aromatic heterocycles. The van der Waals surface area contributed by atoms with Crippen LogP contribution in [0.4, 0.5) is 0 Å². The van der Waals surface area contributed by atoms with E-state index in [1.165, 1.54) is 0 Å². The quantitative estimate of drug-likeness (QED) is 0.544. The summed E-state index contributed by atoms with van der Waals surface area (Å²) in [6.07, 6.45) is 0. The van der Waals surface area contributed by atoms with E-state index in [1.807, 2.05) is 25.1 Å². The third kappa shape index (κ3) is 3.03. The molecule has 5 heteroatoms. The largest absolute Gasteiger partial charge is 0.348 e. The maximum atomic E-state index is 5.97. The molecule has 0 fully saturated rings. The van der Waals surface area contributed by atoms with E-state index >= 15 is 0 Å². The predicted molar refractivity (Wildman–Crippen MR) is 63.2 cm³/mol. The zero-order valence-corrected chi connectivity index (χ0v) is 10.9. The molecule has 0 aliphatic heterocycles. The van der Waals surface area contributed by atoms with E-state index in [9.17, 15) is 0 Å². The van der Waals surface area contributed by atoms with Crippen LogP contribution in [0.3, 0.4) is 0 Å². The van der Waals surface area contributed by atoms with Crippen molar-refractivity contribution in [2.75, 3.05) is 0 Å². The lowest BCUT2D eigenvalue weighted by molar-refractivity contribution is 1.07. The second-order valence-corrected chi connectivity index (χ2v) is 12.2. The topological polar surface area (TPSA) is 0 Å². The predicted octanol–water partition coefficient (Wildman–Crippen LogP) is 4.64. The lowest BCUT2D eigenvalue weighted by Crippen LogP contribution is -2.20. The van der Waals surface area contributed by atoms with Gasteiger partial charge in [-0.1, -0.05) is 36.7 Å². The zero-order valence-electron chi connectivity index (χ0n) is 6.90. The summed E-state index contributed by atoms with van der Waals surface area (Å²) in [5, 5.41) is 0.661. The molecule has 1 rings (SSSR count). The van der Waals surface area contributed by atoms with Crippen LogP contribution < -0.4 is 0 Å². The van der Waals surface area contributed by atoms with E-state index in [1.54, 1.807) is 6.07 Å². The minimum Gasteiger partial charge on any atom is -0.125 e. The van der Waals surface area contributed by atoms with Crippen LogP contribution in [0.25, 0.3) is 0 Å². The molecule has 13 heavy (non-hydrogen) atoms. The summed E-state index contributed by atoms with van der Waals surface area (Å²) >= 11 is 23.7. The molecule has 0 amide bonds. The summed E-state index contributed by atoms with van der Waals surface area (Å²) in [7, 11) is 0. The zero-order chi connectivity index (χ0) is 10.1. The minimum absolute atomic E-state index is 0.0776. The van der Waals surface area contributed by atoms with Crippen LogP contribution in [0.1, 0.15) is 18.0 Å². The maximum absolute atomic E-state index is 5.97. The third-order valence-corrected chi connectivity index (χ3v) is 6.45. The van der Waals surface area contributed by atoms with Crippen molar-refractivity contribution in [3.8, 4) is 0 Å². The highest BCUT2D eigenvalue weighted by atomic mass is 35.8. The number of hydrogen-bond acceptors (Lipinski definition) is 0. The normalized spacial score (nSPS) is 14.2. The monoisotopic (exact) mass is 272 g/mol. The van der Waals surface area contributed by atoms with Crippen LogP contribution in [0.15, 0.2) is 24.3 Å². The fraction of sp³-hybridized carbons (Fsp3) is 0.250. The Morgan fingerprint density at radius 1 is 1.15 bits per heavy atom. The van der Waals surface area contributed by atoms with Gasteiger partial charge in [0.15, 0.2) is 0 Å². The molecule has 1 aromatic carbocycles. The molecule has 0 saturated heterocycles. The summed E-state index contributed by atoms with van der Waals surface area (Å²) in [5.74, 6) is 0. The van der Waals surface area contributed by atoms with E-state index in [0.29, 0.717) is 5.02 Å². The summed E-state index contributed by atoms with van der Waals surface area (Å²) < 4.78 is 0. The molecule has 0 radical (unpaired) electrons. The van der Waals surface area contributed by atoms with Crippen molar-refractivity contribution in [1.82, 2.24) is 0 Å². The molecule has 0 unspecified atom stereocenters. The van der Waals surface area contributed by atoms with Crippen LogP contribution in [0.2, 0.25) is 5.02 Å². The van der Waals surface area contributed by atoms with Crippen molar-refractivity contribution in [2.24, 2.45) is 0 Å². The molecule has 0 heterocycles. The Bertz CT molecular complexity index is 294. The number of rotatable bonds is 2. The van der Waals surface area contributed by atoms with E-state index in [-0.39, 0.29) is 5.54 Å². The Labute approximate surface area is 97.9 Å². The minimum atomic E-state index is -2.70. The highest BCUT2D eigenvalue weighted by molar-refractivity contribution is 7.65. The number of benzene rings is 1. The van der Waals surface area contributed by atoms with E-state index in [2.05, 4.69) is 0 Å². The number of hydrogen-bond donors (Lipinski definition) is 0. The maximum Gasteiger partial charge on any atom is 0.348 e. The number of halogens is 4. The van der Waals surface area contributed by atoms with Crippen LogP contribution in [-0.4, -0.2) is 6.00 Å². The summed E-state index contributed by atoms with van der Waals surface area (Å²) in [6, 6.07) is 4.74. The molecular formula is C8H8Cl4Si. The highest BCUT2D eigenvalue weighted by Gasteiger charge is 2.35. The molecule has 0 spiro atoms. The van der Waals surface area contributed by atoms with Crippen molar-refractivity contribution in [1.29, 1.82) is 0 Å². The van der Waals surface area contributed by atoms with Gasteiger partial charge >= 0.3 is 6.00 Å². The van der Waals surface area contributed by atoms with E-state index < -0.39 is 6.00 Å². The van der Waals surface area contributed by atoms with E-state index in [4.69, 9.17) is 44.8 Å². The van der Waals surface area contributed by atoms with Crippen molar-refractivity contribution < 1.29 is 0 Å². The molecule has 1 atom stereocenters. The van der Waals surface area contributed by atoms with Crippen LogP contribution in [0, 0.1) is 0 Å². The molecule has 72 valence electrons. The first-order valence-corrected chi connectivity index (χ1v) is 9.23. The van der Waals surface area contributed by atoms with Crippen molar-refractivity contribution in [3.05, 3.63) is 34.9 Å². The Morgan fingerprint density at radius 3 is 2.15 bits per heavy atom. The molecule has 0 nitrogen and oxygen atoms in total. The smallest absolute Gasteiger partial charge is 0.125 e. The van der Waals surface area contributed by atoms with Gasteiger partial charge in [0, 0.05) is 10.6 Å². The second kappa shape index (κ2) is 4.41. The first-order valence-electron chi connectivity index (χ1n) is 3.74. The first kappa shape index (κ1) is 11.7. The van der Waals surface area contributed by atoms with Gasteiger partial charge in [-0.05, 0) is 11.6 Å². The van der Waals surface area contributed by atoms with Gasteiger partial charge in [0.25, 0.3) is 0 Å². The van der Waals surface area contributed by atoms with Gasteiger partial charge in [0.05, 0.1) is 0 Å². The molecule has 1 aromatic rings. The molecular weight excluding hydrogens is 266 g/mol. The molecule has 0 saturated carbocycles. The molecule has 0 N–H and O–H groups in total. The Hall–Kier alpha value is 0.597.